The molecule has 3 heterocycles. The number of methoxy groups -OCH3 is 1. The van der Waals surface area contributed by atoms with Crippen molar-refractivity contribution < 1.29 is 14.3 Å². The normalized spacial score (nSPS) is 17.6. The molecular weight excluding hydrogens is 454 g/mol. The molecule has 2 fully saturated rings. The fraction of sp³-hybridized carbons (Fsp3) is 0.643. The third-order valence-corrected chi connectivity index (χ3v) is 7.38. The van der Waals surface area contributed by atoms with Gasteiger partial charge in [0.25, 0.3) is 0 Å². The Kier molecular flexibility index (Phi) is 9.26. The number of pyridine rings is 1. The van der Waals surface area contributed by atoms with Crippen LogP contribution in [0.4, 0.5) is 11.5 Å². The number of nitrogens with zero attached hydrogens (tertiary/aromatic N) is 3. The minimum atomic E-state index is -0.0510. The average Bonchev–Trinajstić information content (AvgIpc) is 3.40. The summed E-state index contributed by atoms with van der Waals surface area (Å²) in [6.07, 6.45) is 6.14. The topological polar surface area (TPSA) is 79.0 Å². The van der Waals surface area contributed by atoms with Crippen molar-refractivity contribution in [2.24, 2.45) is 0 Å². The van der Waals surface area contributed by atoms with Crippen LogP contribution >= 0.6 is 0 Å². The first-order chi connectivity index (χ1) is 17.5. The second kappa shape index (κ2) is 12.6. The molecule has 0 spiro atoms. The van der Waals surface area contributed by atoms with Gasteiger partial charge in [-0.1, -0.05) is 6.92 Å². The van der Waals surface area contributed by atoms with E-state index in [1.165, 1.54) is 25.9 Å². The summed E-state index contributed by atoms with van der Waals surface area (Å²) < 4.78 is 11.9. The standard InChI is InChI=1S/C28H43N5O3/c1-5-28(34)31-27-19-24(29-21-9-14-33(15-10-21)20(2)3)22-17-25(35-4)26(18-23(22)30-27)36-16-8-13-32-11-6-7-12-32/h17-21H,5-16H2,1-4H3,(H2,29,30,31,34). The minimum Gasteiger partial charge on any atom is -0.493 e. The Balaban J connectivity index is 1.54. The first kappa shape index (κ1) is 26.5. The van der Waals surface area contributed by atoms with E-state index in [0.29, 0.717) is 42.4 Å². The lowest BCUT2D eigenvalue weighted by atomic mass is 10.0. The van der Waals surface area contributed by atoms with Crippen molar-refractivity contribution in [2.45, 2.75) is 71.4 Å². The van der Waals surface area contributed by atoms with Crippen LogP contribution in [0.3, 0.4) is 0 Å². The van der Waals surface area contributed by atoms with Gasteiger partial charge in [-0.15, -0.1) is 0 Å². The predicted octanol–water partition coefficient (Wildman–Crippen LogP) is 4.74. The van der Waals surface area contributed by atoms with Crippen LogP contribution in [0.2, 0.25) is 0 Å². The smallest absolute Gasteiger partial charge is 0.225 e. The molecule has 4 rings (SSSR count). The molecule has 8 heteroatoms. The third-order valence-electron chi connectivity index (χ3n) is 7.38. The Labute approximate surface area is 215 Å². The van der Waals surface area contributed by atoms with Crippen molar-refractivity contribution in [1.29, 1.82) is 0 Å². The number of fused-ring (bicyclic) bond motifs is 1. The van der Waals surface area contributed by atoms with Gasteiger partial charge in [0.2, 0.25) is 5.91 Å². The molecular formula is C28H43N5O3. The number of ether oxygens (including phenoxy) is 2. The number of carbonyl (C=O) groups excluding carboxylic acids is 1. The summed E-state index contributed by atoms with van der Waals surface area (Å²) in [5, 5.41) is 7.66. The number of piperidine rings is 1. The van der Waals surface area contributed by atoms with Gasteiger partial charge in [0.1, 0.15) is 5.82 Å². The molecule has 1 aromatic carbocycles. The Morgan fingerprint density at radius 2 is 1.86 bits per heavy atom. The van der Waals surface area contributed by atoms with Crippen molar-refractivity contribution in [3.63, 3.8) is 0 Å². The van der Waals surface area contributed by atoms with Gasteiger partial charge in [0.05, 0.1) is 19.2 Å². The van der Waals surface area contributed by atoms with E-state index in [0.717, 1.165) is 55.5 Å². The maximum Gasteiger partial charge on any atom is 0.225 e. The number of amides is 1. The van der Waals surface area contributed by atoms with Crippen LogP contribution in [0.25, 0.3) is 10.9 Å². The number of aromatic nitrogens is 1. The van der Waals surface area contributed by atoms with Crippen LogP contribution < -0.4 is 20.1 Å². The number of likely N-dealkylation sites (tertiary alicyclic amines) is 2. The summed E-state index contributed by atoms with van der Waals surface area (Å²) in [6.45, 7) is 12.6. The first-order valence-electron chi connectivity index (χ1n) is 13.6. The van der Waals surface area contributed by atoms with Crippen LogP contribution in [0.5, 0.6) is 11.5 Å². The molecule has 36 heavy (non-hydrogen) atoms. The van der Waals surface area contributed by atoms with Crippen molar-refractivity contribution >= 4 is 28.3 Å². The van der Waals surface area contributed by atoms with Crippen LogP contribution in [0.15, 0.2) is 18.2 Å². The zero-order valence-electron chi connectivity index (χ0n) is 22.4. The number of nitrogens with one attached hydrogen (secondary N) is 2. The summed E-state index contributed by atoms with van der Waals surface area (Å²) in [5.74, 6) is 1.90. The molecule has 8 nitrogen and oxygen atoms in total. The van der Waals surface area contributed by atoms with E-state index in [-0.39, 0.29) is 5.91 Å². The van der Waals surface area contributed by atoms with Gasteiger partial charge in [-0.05, 0) is 65.1 Å². The van der Waals surface area contributed by atoms with Crippen LogP contribution in [-0.2, 0) is 4.79 Å². The minimum absolute atomic E-state index is 0.0510. The second-order valence-electron chi connectivity index (χ2n) is 10.3. The number of rotatable bonds is 11. The zero-order valence-corrected chi connectivity index (χ0v) is 22.4. The maximum absolute atomic E-state index is 12.1. The van der Waals surface area contributed by atoms with Crippen molar-refractivity contribution in [1.82, 2.24) is 14.8 Å². The molecule has 0 bridgehead atoms. The van der Waals surface area contributed by atoms with Gasteiger partial charge in [-0.3, -0.25) is 4.79 Å². The molecule has 0 saturated carbocycles. The largest absolute Gasteiger partial charge is 0.493 e. The molecule has 198 valence electrons. The van der Waals surface area contributed by atoms with Gasteiger partial charge in [0.15, 0.2) is 11.5 Å². The molecule has 1 amide bonds. The number of anilines is 2. The van der Waals surface area contributed by atoms with E-state index in [4.69, 9.17) is 14.5 Å². The van der Waals surface area contributed by atoms with Gasteiger partial charge < -0.3 is 29.9 Å². The highest BCUT2D eigenvalue weighted by Crippen LogP contribution is 2.37. The lowest BCUT2D eigenvalue weighted by Crippen LogP contribution is -2.42. The van der Waals surface area contributed by atoms with Crippen molar-refractivity contribution in [2.75, 3.05) is 57.1 Å². The Bertz CT molecular complexity index is 1010. The molecule has 2 N–H and O–H groups in total. The van der Waals surface area contributed by atoms with E-state index < -0.39 is 0 Å². The number of benzene rings is 1. The third kappa shape index (κ3) is 6.79. The molecule has 0 aliphatic carbocycles. The number of hydrogen-bond acceptors (Lipinski definition) is 7. The summed E-state index contributed by atoms with van der Waals surface area (Å²) in [6, 6.07) is 6.84. The molecule has 0 atom stereocenters. The van der Waals surface area contributed by atoms with E-state index in [2.05, 4.69) is 34.3 Å². The monoisotopic (exact) mass is 497 g/mol. The highest BCUT2D eigenvalue weighted by Gasteiger charge is 2.22. The highest BCUT2D eigenvalue weighted by atomic mass is 16.5. The van der Waals surface area contributed by atoms with Crippen molar-refractivity contribution in [3.05, 3.63) is 18.2 Å². The van der Waals surface area contributed by atoms with Gasteiger partial charge >= 0.3 is 0 Å². The molecule has 0 unspecified atom stereocenters. The van der Waals surface area contributed by atoms with Crippen LogP contribution in [0, 0.1) is 0 Å². The average molecular weight is 498 g/mol. The summed E-state index contributed by atoms with van der Waals surface area (Å²) in [5.41, 5.74) is 1.75. The highest BCUT2D eigenvalue weighted by molar-refractivity contribution is 5.98. The molecule has 2 aliphatic rings. The summed E-state index contributed by atoms with van der Waals surface area (Å²) in [7, 11) is 1.68. The molecule has 0 radical (unpaired) electrons. The second-order valence-corrected chi connectivity index (χ2v) is 10.3. The lowest BCUT2D eigenvalue weighted by Gasteiger charge is -2.35. The van der Waals surface area contributed by atoms with Gasteiger partial charge in [0, 0.05) is 61.3 Å². The first-order valence-corrected chi connectivity index (χ1v) is 13.6. The molecule has 1 aromatic heterocycles. The molecule has 2 aliphatic heterocycles. The lowest BCUT2D eigenvalue weighted by molar-refractivity contribution is -0.115. The van der Waals surface area contributed by atoms with Gasteiger partial charge in [-0.25, -0.2) is 4.98 Å². The Morgan fingerprint density at radius 1 is 1.11 bits per heavy atom. The van der Waals surface area contributed by atoms with Gasteiger partial charge in [-0.2, -0.15) is 0 Å². The number of hydrogen-bond donors (Lipinski definition) is 2. The molecule has 2 saturated heterocycles. The van der Waals surface area contributed by atoms with Crippen molar-refractivity contribution in [3.8, 4) is 11.5 Å². The van der Waals surface area contributed by atoms with Crippen LogP contribution in [0.1, 0.15) is 59.3 Å². The SMILES string of the molecule is CCC(=O)Nc1cc(NC2CCN(C(C)C)CC2)c2cc(OC)c(OCCCN3CCCC3)cc2n1. The maximum atomic E-state index is 12.1. The van der Waals surface area contributed by atoms with E-state index in [9.17, 15) is 4.79 Å². The quantitative estimate of drug-likeness (QED) is 0.434. The number of carbonyl (C=O) groups is 1. The summed E-state index contributed by atoms with van der Waals surface area (Å²) in [4.78, 5) is 21.9. The molecule has 2 aromatic rings. The Morgan fingerprint density at radius 3 is 2.53 bits per heavy atom. The van der Waals surface area contributed by atoms with Crippen LogP contribution in [-0.4, -0.2) is 79.2 Å². The fourth-order valence-corrected chi connectivity index (χ4v) is 5.18. The fourth-order valence-electron chi connectivity index (χ4n) is 5.18. The van der Waals surface area contributed by atoms with E-state index in [1.807, 2.05) is 25.1 Å². The van der Waals surface area contributed by atoms with E-state index >= 15 is 0 Å². The predicted molar refractivity (Wildman–Crippen MR) is 146 cm³/mol. The summed E-state index contributed by atoms with van der Waals surface area (Å²) >= 11 is 0. The Hall–Kier alpha value is -2.58. The van der Waals surface area contributed by atoms with E-state index in [1.54, 1.807) is 7.11 Å². The zero-order chi connectivity index (χ0) is 25.5.